The predicted molar refractivity (Wildman–Crippen MR) is 106 cm³/mol. The Labute approximate surface area is 181 Å². The first-order chi connectivity index (χ1) is 15.0. The van der Waals surface area contributed by atoms with Crippen LogP contribution in [0.1, 0.15) is 17.4 Å². The topological polar surface area (TPSA) is 144 Å². The highest BCUT2D eigenvalue weighted by atomic mass is 31.2. The maximum absolute atomic E-state index is 13.5. The first-order valence-electron chi connectivity index (χ1n) is 9.34. The van der Waals surface area contributed by atoms with Crippen molar-refractivity contribution in [1.82, 2.24) is 10.3 Å². The third kappa shape index (κ3) is 5.71. The lowest BCUT2D eigenvalue weighted by Crippen LogP contribution is -2.54. The summed E-state index contributed by atoms with van der Waals surface area (Å²) < 4.78 is 59.6. The van der Waals surface area contributed by atoms with Crippen LogP contribution < -0.4 is 11.1 Å². The monoisotopic (exact) mass is 475 g/mol. The minimum atomic E-state index is -5.15. The number of aromatic nitrogens is 1. The molecule has 0 bridgehead atoms. The number of hydrogen-bond acceptors (Lipinski definition) is 6. The number of hydrogen-bond donors (Lipinski definition) is 4. The standard InChI is InChI=1S/C19H21F3N3O6P/c20-7-14(25-18(26)17(21)22)16(31-32(27,28)29)12-3-1-11(2-4-12)13-5-6-15(24-8-13)19(23)9-30-10-19/h1-6,8,14,16-17H,7,9-10,23H2,(H,25,26)(H2,27,28,29)/t14-,16-/m1/s1. The van der Waals surface area contributed by atoms with Crippen molar-refractivity contribution in [2.24, 2.45) is 5.73 Å². The molecule has 1 aromatic carbocycles. The fourth-order valence-corrected chi connectivity index (χ4v) is 3.71. The van der Waals surface area contributed by atoms with Gasteiger partial charge in [-0.3, -0.25) is 14.3 Å². The van der Waals surface area contributed by atoms with Crippen molar-refractivity contribution in [2.45, 2.75) is 24.1 Å². The van der Waals surface area contributed by atoms with Gasteiger partial charge in [-0.15, -0.1) is 0 Å². The predicted octanol–water partition coefficient (Wildman–Crippen LogP) is 1.80. The van der Waals surface area contributed by atoms with Crippen molar-refractivity contribution < 1.29 is 41.6 Å². The molecular weight excluding hydrogens is 454 g/mol. The number of rotatable bonds is 9. The van der Waals surface area contributed by atoms with E-state index in [1.807, 2.05) is 0 Å². The Hall–Kier alpha value is -2.34. The number of amides is 1. The quantitative estimate of drug-likeness (QED) is 0.402. The molecule has 0 unspecified atom stereocenters. The third-order valence-corrected chi connectivity index (χ3v) is 5.38. The zero-order valence-corrected chi connectivity index (χ0v) is 17.4. The second kappa shape index (κ2) is 9.65. The van der Waals surface area contributed by atoms with Crippen LogP contribution in [0.25, 0.3) is 11.1 Å². The molecule has 1 aliphatic rings. The average molecular weight is 475 g/mol. The fraction of sp³-hybridized carbons (Fsp3) is 0.368. The molecule has 2 aromatic rings. The highest BCUT2D eigenvalue weighted by molar-refractivity contribution is 7.46. The van der Waals surface area contributed by atoms with Gasteiger partial charge in [0.1, 0.15) is 18.3 Å². The molecule has 174 valence electrons. The summed E-state index contributed by atoms with van der Waals surface area (Å²) in [5, 5.41) is 1.70. The smallest absolute Gasteiger partial charge is 0.377 e. The van der Waals surface area contributed by atoms with Gasteiger partial charge in [-0.25, -0.2) is 8.96 Å². The highest BCUT2D eigenvalue weighted by Gasteiger charge is 2.37. The van der Waals surface area contributed by atoms with Gasteiger partial charge in [-0.2, -0.15) is 8.78 Å². The Bertz CT molecular complexity index is 983. The summed E-state index contributed by atoms with van der Waals surface area (Å²) in [6, 6.07) is 7.65. The number of alkyl halides is 3. The van der Waals surface area contributed by atoms with Crippen LogP contribution in [0.15, 0.2) is 42.6 Å². The van der Waals surface area contributed by atoms with E-state index in [1.54, 1.807) is 35.8 Å². The Morgan fingerprint density at radius 3 is 2.28 bits per heavy atom. The summed E-state index contributed by atoms with van der Waals surface area (Å²) in [7, 11) is -5.15. The third-order valence-electron chi connectivity index (χ3n) is 4.87. The van der Waals surface area contributed by atoms with E-state index in [9.17, 15) is 22.5 Å². The lowest BCUT2D eigenvalue weighted by molar-refractivity contribution is -0.133. The fourth-order valence-electron chi connectivity index (χ4n) is 3.15. The van der Waals surface area contributed by atoms with Crippen LogP contribution in [0, 0.1) is 0 Å². The number of benzene rings is 1. The Kier molecular flexibility index (Phi) is 7.33. The van der Waals surface area contributed by atoms with E-state index in [0.717, 1.165) is 0 Å². The first-order valence-corrected chi connectivity index (χ1v) is 10.9. The van der Waals surface area contributed by atoms with E-state index in [0.29, 0.717) is 30.0 Å². The Morgan fingerprint density at radius 1 is 1.22 bits per heavy atom. The number of nitrogens with zero attached hydrogens (tertiary/aromatic N) is 1. The van der Waals surface area contributed by atoms with Gasteiger partial charge in [-0.05, 0) is 17.2 Å². The molecular formula is C19H21F3N3O6P. The van der Waals surface area contributed by atoms with Crippen molar-refractivity contribution >= 4 is 13.7 Å². The lowest BCUT2D eigenvalue weighted by atomic mass is 9.93. The van der Waals surface area contributed by atoms with E-state index >= 15 is 0 Å². The zero-order chi connectivity index (χ0) is 23.5. The molecule has 0 saturated carbocycles. The van der Waals surface area contributed by atoms with Gasteiger partial charge in [0, 0.05) is 11.8 Å². The molecule has 0 aliphatic carbocycles. The maximum atomic E-state index is 13.5. The summed E-state index contributed by atoms with van der Waals surface area (Å²) in [4.78, 5) is 33.9. The van der Waals surface area contributed by atoms with Gasteiger partial charge in [-0.1, -0.05) is 30.3 Å². The van der Waals surface area contributed by atoms with E-state index in [-0.39, 0.29) is 5.56 Å². The van der Waals surface area contributed by atoms with Crippen molar-refractivity contribution in [1.29, 1.82) is 0 Å². The van der Waals surface area contributed by atoms with E-state index < -0.39 is 44.5 Å². The largest absolute Gasteiger partial charge is 0.470 e. The summed E-state index contributed by atoms with van der Waals surface area (Å²) >= 11 is 0. The van der Waals surface area contributed by atoms with E-state index in [1.165, 1.54) is 12.1 Å². The molecule has 2 heterocycles. The minimum absolute atomic E-state index is 0.0615. The van der Waals surface area contributed by atoms with Crippen molar-refractivity contribution in [3.05, 3.63) is 53.9 Å². The van der Waals surface area contributed by atoms with Crippen LogP contribution in [0.3, 0.4) is 0 Å². The molecule has 0 spiro atoms. The van der Waals surface area contributed by atoms with Crippen molar-refractivity contribution in [2.75, 3.05) is 19.9 Å². The minimum Gasteiger partial charge on any atom is -0.377 e. The van der Waals surface area contributed by atoms with Crippen molar-refractivity contribution in [3.8, 4) is 11.1 Å². The van der Waals surface area contributed by atoms with Crippen LogP contribution in [-0.2, 0) is 24.2 Å². The van der Waals surface area contributed by atoms with Gasteiger partial charge < -0.3 is 25.6 Å². The molecule has 3 rings (SSSR count). The number of phosphoric acid groups is 1. The number of carbonyl (C=O) groups is 1. The number of pyridine rings is 1. The lowest BCUT2D eigenvalue weighted by Gasteiger charge is -2.37. The van der Waals surface area contributed by atoms with Crippen LogP contribution in [0.2, 0.25) is 0 Å². The van der Waals surface area contributed by atoms with E-state index in [2.05, 4.69) is 9.51 Å². The summed E-state index contributed by atoms with van der Waals surface area (Å²) in [5.74, 6) is -1.79. The molecule has 1 amide bonds. The first kappa shape index (κ1) is 24.3. The number of carbonyl (C=O) groups excluding carboxylic acids is 1. The number of nitrogens with two attached hydrogens (primary N) is 1. The molecule has 0 radical (unpaired) electrons. The van der Waals surface area contributed by atoms with Crippen LogP contribution in [-0.4, -0.2) is 53.0 Å². The zero-order valence-electron chi connectivity index (χ0n) is 16.5. The van der Waals surface area contributed by atoms with Crippen molar-refractivity contribution in [3.63, 3.8) is 0 Å². The van der Waals surface area contributed by atoms with Gasteiger partial charge in [0.15, 0.2) is 0 Å². The molecule has 1 fully saturated rings. The summed E-state index contributed by atoms with van der Waals surface area (Å²) in [6.07, 6.45) is -3.56. The molecule has 1 saturated heterocycles. The molecule has 1 aromatic heterocycles. The number of phosphoric ester groups is 1. The molecule has 5 N–H and O–H groups in total. The van der Waals surface area contributed by atoms with Gasteiger partial charge >= 0.3 is 14.2 Å². The molecule has 32 heavy (non-hydrogen) atoms. The van der Waals surface area contributed by atoms with Gasteiger partial charge in [0.05, 0.1) is 24.9 Å². The Morgan fingerprint density at radius 2 is 1.84 bits per heavy atom. The van der Waals surface area contributed by atoms with E-state index in [4.69, 9.17) is 20.3 Å². The second-order valence-corrected chi connectivity index (χ2v) is 8.48. The molecule has 1 aliphatic heterocycles. The average Bonchev–Trinajstić information content (AvgIpc) is 2.73. The van der Waals surface area contributed by atoms with Crippen LogP contribution >= 0.6 is 7.82 Å². The second-order valence-electron chi connectivity index (χ2n) is 7.29. The van der Waals surface area contributed by atoms with Crippen LogP contribution in [0.5, 0.6) is 0 Å². The molecule has 13 heteroatoms. The SMILES string of the molecule is NC1(c2ccc(-c3ccc([C@@H](OP(=O)(O)O)[C@@H](CF)NC(=O)C(F)F)cc3)cn2)COC1. The molecule has 2 atom stereocenters. The normalized spacial score (nSPS) is 17.5. The van der Waals surface area contributed by atoms with Gasteiger partial charge in [0.25, 0.3) is 5.91 Å². The summed E-state index contributed by atoms with van der Waals surface area (Å²) in [6.45, 7) is -0.666. The number of nitrogens with one attached hydrogen (secondary N) is 1. The maximum Gasteiger partial charge on any atom is 0.470 e. The number of halogens is 3. The van der Waals surface area contributed by atoms with Crippen LogP contribution in [0.4, 0.5) is 13.2 Å². The van der Waals surface area contributed by atoms with Gasteiger partial charge in [0.2, 0.25) is 0 Å². The highest BCUT2D eigenvalue weighted by Crippen LogP contribution is 2.44. The molecule has 9 nitrogen and oxygen atoms in total. The number of ether oxygens (including phenoxy) is 1. The summed E-state index contributed by atoms with van der Waals surface area (Å²) in [5.41, 5.74) is 7.60. The Balaban J connectivity index is 1.83.